The molecule has 0 aromatic rings. The minimum absolute atomic E-state index is 0.252. The van der Waals surface area contributed by atoms with Gasteiger partial charge < -0.3 is 0 Å². The maximum absolute atomic E-state index is 13.1. The van der Waals surface area contributed by atoms with Crippen LogP contribution in [0.5, 0.6) is 0 Å². The van der Waals surface area contributed by atoms with Crippen LogP contribution in [0.3, 0.4) is 0 Å². The summed E-state index contributed by atoms with van der Waals surface area (Å²) in [5, 5.41) is 8.58. The van der Waals surface area contributed by atoms with Gasteiger partial charge in [-0.3, -0.25) is 0 Å². The van der Waals surface area contributed by atoms with Gasteiger partial charge in [0, 0.05) is 0 Å². The third-order valence-corrected chi connectivity index (χ3v) is 6.87. The lowest BCUT2D eigenvalue weighted by Gasteiger charge is -2.35. The van der Waals surface area contributed by atoms with Gasteiger partial charge in [0.15, 0.2) is 5.83 Å². The van der Waals surface area contributed by atoms with Crippen LogP contribution >= 0.6 is 0 Å². The van der Waals surface area contributed by atoms with E-state index in [0.717, 1.165) is 37.5 Å². The lowest BCUT2D eigenvalue weighted by Crippen LogP contribution is -2.22. The van der Waals surface area contributed by atoms with E-state index in [-0.39, 0.29) is 5.92 Å². The Kier molecular flexibility index (Phi) is 9.44. The van der Waals surface area contributed by atoms with Gasteiger partial charge in [0.2, 0.25) is 0 Å². The Balaban J connectivity index is 1.65. The molecule has 0 unspecified atom stereocenters. The molecule has 2 saturated carbocycles. The summed E-state index contributed by atoms with van der Waals surface area (Å²) >= 11 is 0. The molecule has 0 heterocycles. The number of hydrogen-bond acceptors (Lipinski definition) is 1. The first-order chi connectivity index (χ1) is 12.6. The maximum Gasteiger partial charge on any atom is 0.196 e. The first kappa shape index (κ1) is 21.2. The average molecular weight is 360 g/mol. The summed E-state index contributed by atoms with van der Waals surface area (Å²) in [4.78, 5) is 0. The second-order valence-electron chi connectivity index (χ2n) is 8.73. The smallest absolute Gasteiger partial charge is 0.195 e. The first-order valence-electron chi connectivity index (χ1n) is 11.1. The van der Waals surface area contributed by atoms with Gasteiger partial charge in [0.1, 0.15) is 6.07 Å². The van der Waals surface area contributed by atoms with Gasteiger partial charge in [0.05, 0.1) is 0 Å². The fourth-order valence-corrected chi connectivity index (χ4v) is 5.09. The standard InChI is InChI=1S/C24H38FN/c1-3-4-5-6-7-8-20-9-13-22(14-10-20)19(2)23-15-11-21(12-16-23)17-24(25)18-26/h17,20-23H,2-16H2,1H3/b24-17+. The third kappa shape index (κ3) is 6.90. The second kappa shape index (κ2) is 11.6. The molecular formula is C24H38FN. The van der Waals surface area contributed by atoms with E-state index in [1.165, 1.54) is 75.9 Å². The second-order valence-corrected chi connectivity index (χ2v) is 8.73. The van der Waals surface area contributed by atoms with Crippen LogP contribution in [0.15, 0.2) is 24.1 Å². The predicted octanol–water partition coefficient (Wildman–Crippen LogP) is 7.89. The van der Waals surface area contributed by atoms with Gasteiger partial charge in [-0.15, -0.1) is 0 Å². The Morgan fingerprint density at radius 1 is 0.962 bits per heavy atom. The molecule has 0 radical (unpaired) electrons. The van der Waals surface area contributed by atoms with E-state index in [1.54, 1.807) is 6.07 Å². The van der Waals surface area contributed by atoms with E-state index < -0.39 is 5.83 Å². The molecule has 2 fully saturated rings. The van der Waals surface area contributed by atoms with Crippen LogP contribution in [0.1, 0.15) is 96.8 Å². The molecule has 2 rings (SSSR count). The number of hydrogen-bond donors (Lipinski definition) is 0. The largest absolute Gasteiger partial charge is 0.196 e. The highest BCUT2D eigenvalue weighted by Gasteiger charge is 2.29. The molecule has 0 spiro atoms. The molecule has 0 amide bonds. The maximum atomic E-state index is 13.1. The number of halogens is 1. The molecule has 0 bridgehead atoms. The Labute approximate surface area is 160 Å². The minimum atomic E-state index is -0.611. The topological polar surface area (TPSA) is 23.8 Å². The van der Waals surface area contributed by atoms with Gasteiger partial charge in [-0.2, -0.15) is 9.65 Å². The fourth-order valence-electron chi connectivity index (χ4n) is 5.09. The number of unbranched alkanes of at least 4 members (excludes halogenated alkanes) is 4. The summed E-state index contributed by atoms with van der Waals surface area (Å²) in [6, 6.07) is 1.60. The summed E-state index contributed by atoms with van der Waals surface area (Å²) in [5.74, 6) is 1.94. The van der Waals surface area contributed by atoms with Crippen LogP contribution in [0.2, 0.25) is 0 Å². The first-order valence-corrected chi connectivity index (χ1v) is 11.1. The molecule has 26 heavy (non-hydrogen) atoms. The predicted molar refractivity (Wildman–Crippen MR) is 108 cm³/mol. The number of nitriles is 1. The third-order valence-electron chi connectivity index (χ3n) is 6.87. The van der Waals surface area contributed by atoms with Crippen LogP contribution in [0.25, 0.3) is 0 Å². The zero-order chi connectivity index (χ0) is 18.8. The highest BCUT2D eigenvalue weighted by molar-refractivity contribution is 5.15. The summed E-state index contributed by atoms with van der Waals surface area (Å²) < 4.78 is 13.1. The van der Waals surface area contributed by atoms with Gasteiger partial charge in [0.25, 0.3) is 0 Å². The van der Waals surface area contributed by atoms with Crippen LogP contribution in [-0.2, 0) is 0 Å². The Morgan fingerprint density at radius 3 is 2.12 bits per heavy atom. The fraction of sp³-hybridized carbons (Fsp3) is 0.792. The lowest BCUT2D eigenvalue weighted by molar-refractivity contribution is 0.252. The summed E-state index contributed by atoms with van der Waals surface area (Å²) in [7, 11) is 0. The highest BCUT2D eigenvalue weighted by Crippen LogP contribution is 2.42. The Hall–Kier alpha value is -1.10. The van der Waals surface area contributed by atoms with E-state index in [4.69, 9.17) is 5.26 Å². The van der Waals surface area contributed by atoms with Crippen molar-refractivity contribution < 1.29 is 4.39 Å². The molecule has 1 nitrogen and oxygen atoms in total. The average Bonchev–Trinajstić information content (AvgIpc) is 2.68. The van der Waals surface area contributed by atoms with E-state index >= 15 is 0 Å². The van der Waals surface area contributed by atoms with E-state index in [9.17, 15) is 4.39 Å². The van der Waals surface area contributed by atoms with Crippen molar-refractivity contribution in [2.75, 3.05) is 0 Å². The Morgan fingerprint density at radius 2 is 1.54 bits per heavy atom. The monoisotopic (exact) mass is 359 g/mol. The van der Waals surface area contributed by atoms with E-state index in [2.05, 4.69) is 13.5 Å². The zero-order valence-electron chi connectivity index (χ0n) is 16.8. The molecule has 0 atom stereocenters. The summed E-state index contributed by atoms with van der Waals surface area (Å²) in [5.41, 5.74) is 1.48. The molecule has 0 aliphatic heterocycles. The van der Waals surface area contributed by atoms with Crippen molar-refractivity contribution in [1.82, 2.24) is 0 Å². The Bertz CT molecular complexity index is 485. The zero-order valence-corrected chi connectivity index (χ0v) is 16.8. The molecule has 0 aromatic heterocycles. The molecule has 0 saturated heterocycles. The van der Waals surface area contributed by atoms with Crippen molar-refractivity contribution >= 4 is 0 Å². The van der Waals surface area contributed by atoms with Crippen LogP contribution in [0, 0.1) is 35.0 Å². The quantitative estimate of drug-likeness (QED) is 0.233. The minimum Gasteiger partial charge on any atom is -0.195 e. The van der Waals surface area contributed by atoms with Crippen LogP contribution < -0.4 is 0 Å². The molecule has 2 aliphatic rings. The molecule has 146 valence electrons. The SMILES string of the molecule is C=C(C1CCC(/C=C(/F)C#N)CC1)C1CCC(CCCCCCC)CC1. The normalized spacial score (nSPS) is 30.0. The molecule has 2 aliphatic carbocycles. The highest BCUT2D eigenvalue weighted by atomic mass is 19.1. The van der Waals surface area contributed by atoms with Crippen molar-refractivity contribution in [3.63, 3.8) is 0 Å². The van der Waals surface area contributed by atoms with Gasteiger partial charge in [-0.25, -0.2) is 0 Å². The van der Waals surface area contributed by atoms with E-state index in [0.29, 0.717) is 5.92 Å². The van der Waals surface area contributed by atoms with Crippen molar-refractivity contribution in [1.29, 1.82) is 5.26 Å². The molecular weight excluding hydrogens is 321 g/mol. The van der Waals surface area contributed by atoms with Gasteiger partial charge >= 0.3 is 0 Å². The van der Waals surface area contributed by atoms with E-state index in [1.807, 2.05) is 0 Å². The van der Waals surface area contributed by atoms with Gasteiger partial charge in [-0.1, -0.05) is 57.6 Å². The lowest BCUT2D eigenvalue weighted by atomic mass is 9.70. The molecule has 0 aromatic carbocycles. The van der Waals surface area contributed by atoms with Crippen molar-refractivity contribution in [3.8, 4) is 6.07 Å². The van der Waals surface area contributed by atoms with Crippen LogP contribution in [0.4, 0.5) is 4.39 Å². The number of allylic oxidation sites excluding steroid dienone is 3. The van der Waals surface area contributed by atoms with Crippen molar-refractivity contribution in [3.05, 3.63) is 24.1 Å². The summed E-state index contributed by atoms with van der Waals surface area (Å²) in [6.07, 6.45) is 19.7. The molecule has 2 heteroatoms. The van der Waals surface area contributed by atoms with Crippen molar-refractivity contribution in [2.24, 2.45) is 23.7 Å². The molecule has 0 N–H and O–H groups in total. The van der Waals surface area contributed by atoms with Gasteiger partial charge in [-0.05, 0) is 81.1 Å². The summed E-state index contributed by atoms with van der Waals surface area (Å²) in [6.45, 7) is 6.76. The number of nitrogens with zero attached hydrogens (tertiary/aromatic N) is 1. The number of rotatable bonds is 9. The van der Waals surface area contributed by atoms with Crippen molar-refractivity contribution in [2.45, 2.75) is 96.8 Å². The van der Waals surface area contributed by atoms with Crippen LogP contribution in [-0.4, -0.2) is 0 Å².